The Kier molecular flexibility index (Phi) is 13.6. The molecule has 0 bridgehead atoms. The molecule has 0 radical (unpaired) electrons. The van der Waals surface area contributed by atoms with E-state index in [1.807, 2.05) is 13.8 Å². The molecule has 0 heterocycles. The molecule has 0 saturated carbocycles. The average Bonchev–Trinajstić information content (AvgIpc) is 2.47. The molecule has 0 rings (SSSR count). The van der Waals surface area contributed by atoms with Crippen molar-refractivity contribution in [2.45, 2.75) is 85.0 Å². The van der Waals surface area contributed by atoms with Gasteiger partial charge in [0.2, 0.25) is 0 Å². The van der Waals surface area contributed by atoms with Crippen molar-refractivity contribution in [1.82, 2.24) is 0 Å². The lowest BCUT2D eigenvalue weighted by molar-refractivity contribution is 0.535. The Morgan fingerprint density at radius 2 is 1.40 bits per heavy atom. The predicted molar refractivity (Wildman–Crippen MR) is 93.0 cm³/mol. The summed E-state index contributed by atoms with van der Waals surface area (Å²) in [5.74, 6) is 0.291. The number of rotatable bonds is 12. The minimum Gasteiger partial charge on any atom is -0.212 e. The number of hydrogen-bond acceptors (Lipinski definition) is 2. The van der Waals surface area contributed by atoms with E-state index in [1.165, 1.54) is 51.4 Å². The lowest BCUT2D eigenvalue weighted by Gasteiger charge is -2.14. The molecular weight excluding hydrogens is 288 g/mol. The quantitative estimate of drug-likeness (QED) is 0.396. The van der Waals surface area contributed by atoms with Crippen LogP contribution in [0.1, 0.15) is 85.0 Å². The smallest absolute Gasteiger partial charge is 0.0876 e. The number of unbranched alkanes of at least 4 members (excludes halogenated alkanes) is 7. The fourth-order valence-electron chi connectivity index (χ4n) is 2.42. The molecule has 0 aliphatic carbocycles. The fourth-order valence-corrected chi connectivity index (χ4v) is 3.03. The topological polar surface area (TPSA) is 34.1 Å². The maximum atomic E-state index is 11.0. The van der Waals surface area contributed by atoms with Crippen LogP contribution in [0.15, 0.2) is 0 Å². The maximum Gasteiger partial charge on any atom is 0.0876 e. The van der Waals surface area contributed by atoms with Gasteiger partial charge in [0.05, 0.1) is 22.5 Å². The van der Waals surface area contributed by atoms with Crippen molar-refractivity contribution in [3.05, 3.63) is 0 Å². The Bertz CT molecular complexity index is 353. The zero-order valence-corrected chi connectivity index (χ0v) is 14.9. The summed E-state index contributed by atoms with van der Waals surface area (Å²) in [5.41, 5.74) is 0. The molecule has 0 aliphatic rings. The first kappa shape index (κ1) is 19.8. The van der Waals surface area contributed by atoms with Gasteiger partial charge in [-0.15, -0.1) is 0 Å². The van der Waals surface area contributed by atoms with Crippen molar-refractivity contribution < 1.29 is 8.42 Å². The molecule has 0 amide bonds. The summed E-state index contributed by atoms with van der Waals surface area (Å²) in [4.78, 5) is 1.82. The molecule has 0 spiro atoms. The molecule has 0 N–H and O–H groups in total. The van der Waals surface area contributed by atoms with Gasteiger partial charge in [0.15, 0.2) is 0 Å². The highest BCUT2D eigenvalue weighted by molar-refractivity contribution is 7.67. The van der Waals surface area contributed by atoms with Gasteiger partial charge in [-0.1, -0.05) is 58.3 Å². The monoisotopic (exact) mass is 318 g/mol. The van der Waals surface area contributed by atoms with E-state index in [1.54, 1.807) is 0 Å². The van der Waals surface area contributed by atoms with Gasteiger partial charge in [0.25, 0.3) is 0 Å². The van der Waals surface area contributed by atoms with Crippen LogP contribution in [0.4, 0.5) is 0 Å². The second-order valence-electron chi connectivity index (χ2n) is 5.64. The molecular formula is C16H30O2S2. The van der Waals surface area contributed by atoms with Gasteiger partial charge in [-0.3, -0.25) is 0 Å². The maximum absolute atomic E-state index is 11.0. The molecule has 20 heavy (non-hydrogen) atoms. The third-order valence-electron chi connectivity index (χ3n) is 3.79. The van der Waals surface area contributed by atoms with Gasteiger partial charge in [0, 0.05) is 9.73 Å². The van der Waals surface area contributed by atoms with Crippen molar-refractivity contribution in [3.8, 4) is 0 Å². The van der Waals surface area contributed by atoms with Gasteiger partial charge in [-0.05, 0) is 32.6 Å². The van der Waals surface area contributed by atoms with Gasteiger partial charge in [-0.2, -0.15) is 0 Å². The van der Waals surface area contributed by atoms with Crippen LogP contribution >= 0.6 is 0 Å². The van der Waals surface area contributed by atoms with E-state index in [0.29, 0.717) is 28.4 Å². The van der Waals surface area contributed by atoms with E-state index in [2.05, 4.69) is 6.92 Å². The average molecular weight is 319 g/mol. The first-order valence-corrected chi connectivity index (χ1v) is 9.39. The first-order valence-electron chi connectivity index (χ1n) is 7.91. The van der Waals surface area contributed by atoms with Gasteiger partial charge in [0.1, 0.15) is 0 Å². The van der Waals surface area contributed by atoms with E-state index in [0.717, 1.165) is 22.6 Å². The van der Waals surface area contributed by atoms with Gasteiger partial charge in [-0.25, -0.2) is 8.42 Å². The second-order valence-corrected chi connectivity index (χ2v) is 7.32. The molecule has 0 aromatic carbocycles. The van der Waals surface area contributed by atoms with E-state index < -0.39 is 0 Å². The Balaban J connectivity index is 3.86. The van der Waals surface area contributed by atoms with Crippen LogP contribution in [0, 0.1) is 5.92 Å². The SMILES string of the molecule is CCCCCCCCCCC(CC(C)=S=O)C(C)=S=O. The largest absolute Gasteiger partial charge is 0.212 e. The molecule has 1 unspecified atom stereocenters. The minimum absolute atomic E-state index is 0.291. The van der Waals surface area contributed by atoms with E-state index in [9.17, 15) is 8.42 Å². The van der Waals surface area contributed by atoms with Gasteiger partial charge >= 0.3 is 0 Å². The van der Waals surface area contributed by atoms with Crippen LogP contribution in [0.2, 0.25) is 0 Å². The number of hydrogen-bond donors (Lipinski definition) is 0. The summed E-state index contributed by atoms with van der Waals surface area (Å²) in [5, 5.41) is 0. The molecule has 0 aromatic heterocycles. The summed E-state index contributed by atoms with van der Waals surface area (Å²) < 4.78 is 21.7. The molecule has 1 atom stereocenters. The third kappa shape index (κ3) is 10.6. The Morgan fingerprint density at radius 3 is 1.90 bits per heavy atom. The summed E-state index contributed by atoms with van der Waals surface area (Å²) in [6.45, 7) is 6.03. The highest BCUT2D eigenvalue weighted by Crippen LogP contribution is 2.17. The van der Waals surface area contributed by atoms with Crippen LogP contribution in [0.5, 0.6) is 0 Å². The molecule has 0 aromatic rings. The molecule has 118 valence electrons. The highest BCUT2D eigenvalue weighted by Gasteiger charge is 2.13. The van der Waals surface area contributed by atoms with Gasteiger partial charge < -0.3 is 0 Å². The summed E-state index contributed by atoms with van der Waals surface area (Å²) in [6, 6.07) is 0. The van der Waals surface area contributed by atoms with Crippen molar-refractivity contribution in [2.24, 2.45) is 5.92 Å². The van der Waals surface area contributed by atoms with Crippen LogP contribution in [0.25, 0.3) is 0 Å². The standard InChI is InChI=1S/C16H30O2S2/c1-4-5-6-7-8-9-10-11-12-16(15(3)20-18)13-14(2)19-17/h16H,4-13H2,1-3H3. The zero-order chi connectivity index (χ0) is 15.2. The van der Waals surface area contributed by atoms with E-state index in [-0.39, 0.29) is 0 Å². The lowest BCUT2D eigenvalue weighted by Crippen LogP contribution is -2.14. The van der Waals surface area contributed by atoms with E-state index in [4.69, 9.17) is 0 Å². The Labute approximate surface area is 131 Å². The molecule has 4 heteroatoms. The minimum atomic E-state index is 0.291. The van der Waals surface area contributed by atoms with Crippen LogP contribution in [0.3, 0.4) is 0 Å². The highest BCUT2D eigenvalue weighted by atomic mass is 32.1. The molecule has 0 saturated heterocycles. The lowest BCUT2D eigenvalue weighted by atomic mass is 9.93. The normalized spacial score (nSPS) is 11.9. The molecule has 2 nitrogen and oxygen atoms in total. The zero-order valence-electron chi connectivity index (χ0n) is 13.3. The van der Waals surface area contributed by atoms with E-state index >= 15 is 0 Å². The van der Waals surface area contributed by atoms with Crippen molar-refractivity contribution in [1.29, 1.82) is 0 Å². The molecule has 0 fully saturated rings. The first-order chi connectivity index (χ1) is 9.65. The van der Waals surface area contributed by atoms with Crippen LogP contribution in [-0.2, 0) is 22.5 Å². The second kappa shape index (κ2) is 13.7. The third-order valence-corrected chi connectivity index (χ3v) is 4.84. The van der Waals surface area contributed by atoms with Crippen LogP contribution in [-0.4, -0.2) is 18.1 Å². The summed E-state index contributed by atoms with van der Waals surface area (Å²) >= 11 is 1.18. The summed E-state index contributed by atoms with van der Waals surface area (Å²) in [7, 11) is 0. The van der Waals surface area contributed by atoms with Crippen LogP contribution < -0.4 is 0 Å². The van der Waals surface area contributed by atoms with Crippen molar-refractivity contribution in [2.75, 3.05) is 0 Å². The van der Waals surface area contributed by atoms with Crippen molar-refractivity contribution >= 4 is 32.2 Å². The fraction of sp³-hybridized carbons (Fsp3) is 0.875. The summed E-state index contributed by atoms with van der Waals surface area (Å²) in [6.07, 6.45) is 12.3. The Hall–Kier alpha value is -0.220. The predicted octanol–water partition coefficient (Wildman–Crippen LogP) is 4.33. The molecule has 0 aliphatic heterocycles. The Morgan fingerprint density at radius 1 is 0.850 bits per heavy atom. The van der Waals surface area contributed by atoms with Crippen molar-refractivity contribution in [3.63, 3.8) is 0 Å².